The number of rotatable bonds is 8. The first-order valence-electron chi connectivity index (χ1n) is 17.5. The van der Waals surface area contributed by atoms with Crippen molar-refractivity contribution in [2.75, 3.05) is 11.9 Å². The molecule has 0 saturated carbocycles. The Bertz CT molecular complexity index is 2750. The van der Waals surface area contributed by atoms with Gasteiger partial charge in [-0.1, -0.05) is 23.7 Å². The van der Waals surface area contributed by atoms with E-state index in [1.807, 2.05) is 4.57 Å². The van der Waals surface area contributed by atoms with Crippen molar-refractivity contribution in [3.8, 4) is 22.6 Å². The van der Waals surface area contributed by atoms with E-state index in [4.69, 9.17) is 30.8 Å². The Morgan fingerprint density at radius 1 is 1.00 bits per heavy atom. The number of aromatic nitrogens is 4. The Labute approximate surface area is 315 Å². The molecule has 10 nitrogen and oxygen atoms in total. The molecule has 7 aromatic rings. The van der Waals surface area contributed by atoms with Crippen LogP contribution in [0.4, 0.5) is 18.9 Å². The zero-order chi connectivity index (χ0) is 38.2. The summed E-state index contributed by atoms with van der Waals surface area (Å²) < 4.78 is 66.8. The van der Waals surface area contributed by atoms with Gasteiger partial charge in [-0.3, -0.25) is 4.79 Å². The number of imidazole rings is 2. The van der Waals surface area contributed by atoms with Gasteiger partial charge in [0.05, 0.1) is 40.3 Å². The van der Waals surface area contributed by atoms with Crippen molar-refractivity contribution in [2.24, 2.45) is 0 Å². The van der Waals surface area contributed by atoms with Crippen molar-refractivity contribution in [2.45, 2.75) is 45.1 Å². The topological polar surface area (TPSA) is 123 Å². The molecule has 55 heavy (non-hydrogen) atoms. The van der Waals surface area contributed by atoms with Crippen LogP contribution >= 0.6 is 11.6 Å². The molecular weight excluding hydrogens is 735 g/mol. The molecule has 2 aliphatic heterocycles. The first-order valence-corrected chi connectivity index (χ1v) is 17.9. The van der Waals surface area contributed by atoms with Gasteiger partial charge in [0.1, 0.15) is 23.3 Å². The molecule has 2 aromatic heterocycles. The van der Waals surface area contributed by atoms with Crippen molar-refractivity contribution < 1.29 is 32.2 Å². The van der Waals surface area contributed by atoms with Gasteiger partial charge >= 0.3 is 5.69 Å². The van der Waals surface area contributed by atoms with Gasteiger partial charge in [0.15, 0.2) is 11.5 Å². The summed E-state index contributed by atoms with van der Waals surface area (Å²) in [5.41, 5.74) is 4.04. The van der Waals surface area contributed by atoms with E-state index in [0.29, 0.717) is 57.9 Å². The minimum absolute atomic E-state index is 0.0833. The third-order valence-electron chi connectivity index (χ3n) is 10.1. The third-order valence-corrected chi connectivity index (χ3v) is 10.4. The highest BCUT2D eigenvalue weighted by atomic mass is 35.5. The lowest BCUT2D eigenvalue weighted by atomic mass is 10.00. The molecule has 4 heterocycles. The summed E-state index contributed by atoms with van der Waals surface area (Å²) in [6.45, 7) is 4.40. The van der Waals surface area contributed by atoms with Gasteiger partial charge in [-0.05, 0) is 91.2 Å². The molecule has 278 valence electrons. The predicted octanol–water partition coefficient (Wildman–Crippen LogP) is 8.53. The number of carbonyl (C=O) groups excluding carboxylic acids is 1. The van der Waals surface area contributed by atoms with Crippen LogP contribution in [-0.2, 0) is 23.5 Å². The number of nitrogens with one attached hydrogen (secondary N) is 3. The first-order chi connectivity index (χ1) is 26.4. The Morgan fingerprint density at radius 3 is 2.55 bits per heavy atom. The van der Waals surface area contributed by atoms with Crippen LogP contribution in [0.2, 0.25) is 5.02 Å². The Hall–Kier alpha value is -6.05. The number of aromatic amines is 2. The van der Waals surface area contributed by atoms with Crippen LogP contribution in [0.5, 0.6) is 11.5 Å². The fraction of sp³-hybridized carbons (Fsp3) is 0.195. The molecule has 0 radical (unpaired) electrons. The number of para-hydroxylation sites is 1. The molecule has 2 aliphatic rings. The van der Waals surface area contributed by atoms with E-state index in [9.17, 15) is 14.0 Å². The van der Waals surface area contributed by atoms with Crippen LogP contribution in [-0.4, -0.2) is 38.1 Å². The van der Waals surface area contributed by atoms with E-state index in [-0.39, 0.29) is 57.3 Å². The third kappa shape index (κ3) is 6.18. The minimum atomic E-state index is -1.55. The highest BCUT2D eigenvalue weighted by Gasteiger charge is 2.42. The van der Waals surface area contributed by atoms with Crippen LogP contribution in [0.15, 0.2) is 83.7 Å². The van der Waals surface area contributed by atoms with E-state index in [2.05, 4.69) is 15.3 Å². The van der Waals surface area contributed by atoms with Gasteiger partial charge < -0.3 is 34.1 Å². The molecule has 2 atom stereocenters. The second-order valence-electron chi connectivity index (χ2n) is 13.9. The van der Waals surface area contributed by atoms with E-state index in [0.717, 1.165) is 18.1 Å². The maximum Gasteiger partial charge on any atom is 0.323 e. The van der Waals surface area contributed by atoms with Crippen LogP contribution in [0.1, 0.15) is 46.2 Å². The minimum Gasteiger partial charge on any atom is -0.444 e. The number of aryl methyl sites for hydroxylation is 1. The summed E-state index contributed by atoms with van der Waals surface area (Å²) >= 11 is 5.95. The van der Waals surface area contributed by atoms with Gasteiger partial charge in [-0.2, -0.15) is 0 Å². The predicted molar refractivity (Wildman–Crippen MR) is 200 cm³/mol. The molecule has 5 aromatic carbocycles. The first kappa shape index (κ1) is 34.7. The lowest BCUT2D eigenvalue weighted by molar-refractivity contribution is -0.0705. The monoisotopic (exact) mass is 765 g/mol. The highest BCUT2D eigenvalue weighted by Crippen LogP contribution is 2.50. The zero-order valence-electron chi connectivity index (χ0n) is 29.4. The van der Waals surface area contributed by atoms with Crippen molar-refractivity contribution in [1.82, 2.24) is 19.5 Å². The highest BCUT2D eigenvalue weighted by molar-refractivity contribution is 6.30. The number of halogens is 4. The summed E-state index contributed by atoms with van der Waals surface area (Å²) in [5.74, 6) is -3.23. The van der Waals surface area contributed by atoms with Gasteiger partial charge in [0.2, 0.25) is 0 Å². The van der Waals surface area contributed by atoms with Gasteiger partial charge in [-0.15, -0.1) is 0 Å². The average molecular weight is 766 g/mol. The zero-order valence-corrected chi connectivity index (χ0v) is 30.1. The Kier molecular flexibility index (Phi) is 8.24. The maximum atomic E-state index is 16.1. The summed E-state index contributed by atoms with van der Waals surface area (Å²) in [5, 5.41) is 3.10. The van der Waals surface area contributed by atoms with Gasteiger partial charge in [0, 0.05) is 47.4 Å². The van der Waals surface area contributed by atoms with Crippen LogP contribution in [0, 0.1) is 24.4 Å². The Morgan fingerprint density at radius 2 is 1.80 bits per heavy atom. The SMILES string of the molecule is Cc1cc(C(=O)Nc2ccc3c(c2)nc(Cc2c(F)cc(-c4cccc5c4OC(C)(c4ccc(Cl)cc4F)O5)cc2F)n3C[C@@H]2CCO2)cc2[nH]c(=O)[nH]c12. The smallest absolute Gasteiger partial charge is 0.323 e. The molecular formula is C41H31ClF3N5O5. The van der Waals surface area contributed by atoms with Crippen LogP contribution in [0.3, 0.4) is 0 Å². The molecule has 0 spiro atoms. The average Bonchev–Trinajstić information content (AvgIpc) is 3.79. The Balaban J connectivity index is 1.01. The summed E-state index contributed by atoms with van der Waals surface area (Å²) in [4.78, 5) is 35.3. The number of benzene rings is 5. The normalized spacial score (nSPS) is 17.5. The lowest BCUT2D eigenvalue weighted by Gasteiger charge is -2.27. The molecule has 0 aliphatic carbocycles. The van der Waals surface area contributed by atoms with E-state index >= 15 is 8.78 Å². The summed E-state index contributed by atoms with van der Waals surface area (Å²) in [6.07, 6.45) is 0.577. The molecule has 1 amide bonds. The molecule has 3 N–H and O–H groups in total. The standard InChI is InChI=1S/C41H31ClF3N5O5/c1-20-12-22(15-33-37(20)49-40(52)48-33)39(51)46-24-7-9-34-32(17-24)47-36(50(34)19-25-10-11-53-25)18-27-29(43)13-21(14-30(27)44)26-4-3-5-35-38(26)55-41(2,54-35)28-8-6-23(42)16-31(28)45/h3-9,12-17,25H,10-11,18-19H2,1-2H3,(H,46,51)(H2,48,49,52)/t25-,41?/m0/s1. The van der Waals surface area contributed by atoms with Crippen LogP contribution in [0.25, 0.3) is 33.2 Å². The largest absolute Gasteiger partial charge is 0.444 e. The second-order valence-corrected chi connectivity index (χ2v) is 14.3. The number of amides is 1. The van der Waals surface area contributed by atoms with E-state index in [1.54, 1.807) is 62.4 Å². The van der Waals surface area contributed by atoms with Crippen molar-refractivity contribution in [1.29, 1.82) is 0 Å². The lowest BCUT2D eigenvalue weighted by Crippen LogP contribution is -2.32. The maximum absolute atomic E-state index is 16.1. The molecule has 1 fully saturated rings. The van der Waals surface area contributed by atoms with Gasteiger partial charge in [-0.25, -0.2) is 22.9 Å². The molecule has 14 heteroatoms. The number of hydrogen-bond donors (Lipinski definition) is 3. The van der Waals surface area contributed by atoms with Crippen LogP contribution < -0.4 is 20.5 Å². The van der Waals surface area contributed by atoms with Crippen molar-refractivity contribution in [3.63, 3.8) is 0 Å². The van der Waals surface area contributed by atoms with Gasteiger partial charge in [0.25, 0.3) is 11.7 Å². The van der Waals surface area contributed by atoms with E-state index in [1.165, 1.54) is 24.3 Å². The number of hydrogen-bond acceptors (Lipinski definition) is 6. The number of ether oxygens (including phenoxy) is 3. The van der Waals surface area contributed by atoms with E-state index < -0.39 is 23.2 Å². The number of fused-ring (bicyclic) bond motifs is 3. The molecule has 1 unspecified atom stereocenters. The van der Waals surface area contributed by atoms with Crippen molar-refractivity contribution in [3.05, 3.63) is 140 Å². The number of carbonyl (C=O) groups is 1. The quantitative estimate of drug-likeness (QED) is 0.143. The number of anilines is 1. The number of H-pyrrole nitrogens is 2. The fourth-order valence-corrected chi connectivity index (χ4v) is 7.45. The molecule has 1 saturated heterocycles. The summed E-state index contributed by atoms with van der Waals surface area (Å²) in [7, 11) is 0. The molecule has 0 bridgehead atoms. The van der Waals surface area contributed by atoms with Crippen molar-refractivity contribution >= 4 is 45.3 Å². The molecule has 9 rings (SSSR count). The summed E-state index contributed by atoms with van der Waals surface area (Å²) in [6, 6.07) is 20.1. The fourth-order valence-electron chi connectivity index (χ4n) is 7.29. The number of nitrogens with zero attached hydrogens (tertiary/aromatic N) is 2. The second kappa shape index (κ2) is 13.1.